The van der Waals surface area contributed by atoms with Crippen LogP contribution >= 0.6 is 35.0 Å². The largest absolute Gasteiger partial charge is 0.367 e. The molecule has 15 heavy (non-hydrogen) atoms. The van der Waals surface area contributed by atoms with E-state index >= 15 is 0 Å². The van der Waals surface area contributed by atoms with Crippen LogP contribution in [-0.4, -0.2) is 22.5 Å². The van der Waals surface area contributed by atoms with Gasteiger partial charge in [-0.2, -0.15) is 11.8 Å². The SMILES string of the molecule is CSC1(CNc2ncc(Cl)cc2Cl)CC1. The van der Waals surface area contributed by atoms with E-state index in [9.17, 15) is 0 Å². The van der Waals surface area contributed by atoms with Crippen molar-refractivity contribution in [1.29, 1.82) is 0 Å². The number of thioether (sulfide) groups is 1. The molecule has 0 bridgehead atoms. The third-order valence-corrected chi connectivity index (χ3v) is 4.54. The number of hydrogen-bond acceptors (Lipinski definition) is 3. The third-order valence-electron chi connectivity index (χ3n) is 2.63. The number of aromatic nitrogens is 1. The molecular formula is C10H12Cl2N2S. The highest BCUT2D eigenvalue weighted by Gasteiger charge is 2.41. The van der Waals surface area contributed by atoms with Crippen LogP contribution in [0.4, 0.5) is 5.82 Å². The maximum atomic E-state index is 6.01. The van der Waals surface area contributed by atoms with Crippen molar-refractivity contribution in [3.63, 3.8) is 0 Å². The zero-order chi connectivity index (χ0) is 10.9. The van der Waals surface area contributed by atoms with Gasteiger partial charge in [0.25, 0.3) is 0 Å². The number of rotatable bonds is 4. The van der Waals surface area contributed by atoms with Gasteiger partial charge < -0.3 is 5.32 Å². The van der Waals surface area contributed by atoms with Crippen molar-refractivity contribution >= 4 is 40.8 Å². The van der Waals surface area contributed by atoms with E-state index in [1.54, 1.807) is 12.3 Å². The van der Waals surface area contributed by atoms with Crippen LogP contribution in [0, 0.1) is 0 Å². The van der Waals surface area contributed by atoms with Gasteiger partial charge in [-0.25, -0.2) is 4.98 Å². The third kappa shape index (κ3) is 2.71. The Bertz CT molecular complexity index is 366. The predicted molar refractivity (Wildman–Crippen MR) is 68.2 cm³/mol. The molecule has 0 unspecified atom stereocenters. The molecule has 1 aliphatic rings. The molecular weight excluding hydrogens is 251 g/mol. The van der Waals surface area contributed by atoms with E-state index in [2.05, 4.69) is 16.6 Å². The average molecular weight is 263 g/mol. The number of anilines is 1. The van der Waals surface area contributed by atoms with Gasteiger partial charge in [-0.3, -0.25) is 0 Å². The summed E-state index contributed by atoms with van der Waals surface area (Å²) >= 11 is 13.7. The minimum atomic E-state index is 0.407. The molecule has 0 saturated heterocycles. The van der Waals surface area contributed by atoms with Gasteiger partial charge in [0.2, 0.25) is 0 Å². The van der Waals surface area contributed by atoms with Crippen LogP contribution < -0.4 is 5.32 Å². The quantitative estimate of drug-likeness (QED) is 0.896. The molecule has 0 aliphatic heterocycles. The van der Waals surface area contributed by atoms with Crippen LogP contribution in [0.2, 0.25) is 10.0 Å². The van der Waals surface area contributed by atoms with Crippen molar-refractivity contribution in [2.45, 2.75) is 17.6 Å². The van der Waals surface area contributed by atoms with Gasteiger partial charge >= 0.3 is 0 Å². The fraction of sp³-hybridized carbons (Fsp3) is 0.500. The molecule has 1 aliphatic carbocycles. The Morgan fingerprint density at radius 2 is 2.27 bits per heavy atom. The summed E-state index contributed by atoms with van der Waals surface area (Å²) in [4.78, 5) is 4.16. The topological polar surface area (TPSA) is 24.9 Å². The Hall–Kier alpha value is -0.120. The van der Waals surface area contributed by atoms with E-state index in [0.717, 1.165) is 12.4 Å². The first kappa shape index (κ1) is 11.4. The van der Waals surface area contributed by atoms with Crippen molar-refractivity contribution in [3.8, 4) is 0 Å². The molecule has 82 valence electrons. The summed E-state index contributed by atoms with van der Waals surface area (Å²) in [5.74, 6) is 0.724. The molecule has 1 N–H and O–H groups in total. The first-order valence-electron chi connectivity index (χ1n) is 4.75. The van der Waals surface area contributed by atoms with E-state index < -0.39 is 0 Å². The highest BCUT2D eigenvalue weighted by Crippen LogP contribution is 2.47. The Kier molecular flexibility index (Phi) is 3.33. The standard InChI is InChI=1S/C10H12Cl2N2S/c1-15-10(2-3-10)6-14-9-8(12)4-7(11)5-13-9/h4-5H,2-3,6H2,1H3,(H,13,14). The van der Waals surface area contributed by atoms with Gasteiger partial charge in [0.15, 0.2) is 0 Å². The van der Waals surface area contributed by atoms with Crippen LogP contribution in [0.5, 0.6) is 0 Å². The fourth-order valence-electron chi connectivity index (χ4n) is 1.38. The van der Waals surface area contributed by atoms with E-state index in [4.69, 9.17) is 23.2 Å². The summed E-state index contributed by atoms with van der Waals surface area (Å²) in [6.45, 7) is 0.919. The lowest BCUT2D eigenvalue weighted by Gasteiger charge is -2.14. The summed E-state index contributed by atoms with van der Waals surface area (Å²) < 4.78 is 0.407. The number of nitrogens with one attached hydrogen (secondary N) is 1. The number of pyridine rings is 1. The molecule has 0 atom stereocenters. The number of hydrogen-bond donors (Lipinski definition) is 1. The van der Waals surface area contributed by atoms with Crippen LogP contribution in [0.25, 0.3) is 0 Å². The normalized spacial score (nSPS) is 17.5. The molecule has 5 heteroatoms. The molecule has 1 aromatic heterocycles. The summed E-state index contributed by atoms with van der Waals surface area (Å²) in [6, 6.07) is 1.71. The Labute approximate surface area is 104 Å². The summed E-state index contributed by atoms with van der Waals surface area (Å²) in [6.07, 6.45) is 6.29. The first-order valence-corrected chi connectivity index (χ1v) is 6.73. The molecule has 0 spiro atoms. The van der Waals surface area contributed by atoms with Gasteiger partial charge in [0.05, 0.1) is 10.0 Å². The molecule has 0 aromatic carbocycles. The van der Waals surface area contributed by atoms with Gasteiger partial charge in [0, 0.05) is 17.5 Å². The zero-order valence-electron chi connectivity index (χ0n) is 8.39. The molecule has 0 amide bonds. The van der Waals surface area contributed by atoms with Crippen molar-refractivity contribution in [2.75, 3.05) is 18.1 Å². The van der Waals surface area contributed by atoms with Crippen molar-refractivity contribution in [2.24, 2.45) is 0 Å². The van der Waals surface area contributed by atoms with E-state index in [-0.39, 0.29) is 0 Å². The minimum Gasteiger partial charge on any atom is -0.367 e. The second-order valence-electron chi connectivity index (χ2n) is 3.72. The van der Waals surface area contributed by atoms with E-state index in [1.165, 1.54) is 12.8 Å². The average Bonchev–Trinajstić information content (AvgIpc) is 2.97. The smallest absolute Gasteiger partial charge is 0.144 e. The lowest BCUT2D eigenvalue weighted by atomic mass is 10.4. The second-order valence-corrected chi connectivity index (χ2v) is 5.84. The number of halogens is 2. The van der Waals surface area contributed by atoms with Crippen molar-refractivity contribution in [1.82, 2.24) is 4.98 Å². The molecule has 1 fully saturated rings. The van der Waals surface area contributed by atoms with Crippen LogP contribution in [0.15, 0.2) is 12.3 Å². The first-order chi connectivity index (χ1) is 7.15. The fourth-order valence-corrected chi connectivity index (χ4v) is 2.56. The van der Waals surface area contributed by atoms with Gasteiger partial charge in [-0.05, 0) is 25.2 Å². The summed E-state index contributed by atoms with van der Waals surface area (Å²) in [5, 5.41) is 4.42. The van der Waals surface area contributed by atoms with E-state index in [1.807, 2.05) is 11.8 Å². The maximum absolute atomic E-state index is 6.01. The van der Waals surface area contributed by atoms with Crippen LogP contribution in [-0.2, 0) is 0 Å². The summed E-state index contributed by atoms with van der Waals surface area (Å²) in [7, 11) is 0. The van der Waals surface area contributed by atoms with E-state index in [0.29, 0.717) is 14.8 Å². The van der Waals surface area contributed by atoms with Crippen LogP contribution in [0.3, 0.4) is 0 Å². The Balaban J connectivity index is 1.99. The predicted octanol–water partition coefficient (Wildman–Crippen LogP) is 3.70. The minimum absolute atomic E-state index is 0.407. The summed E-state index contributed by atoms with van der Waals surface area (Å²) in [5.41, 5.74) is 0. The van der Waals surface area contributed by atoms with Gasteiger partial charge in [-0.15, -0.1) is 0 Å². The molecule has 1 aromatic rings. The Morgan fingerprint density at radius 1 is 1.53 bits per heavy atom. The van der Waals surface area contributed by atoms with Gasteiger partial charge in [0.1, 0.15) is 5.82 Å². The van der Waals surface area contributed by atoms with Crippen LogP contribution in [0.1, 0.15) is 12.8 Å². The molecule has 0 radical (unpaired) electrons. The maximum Gasteiger partial charge on any atom is 0.144 e. The molecule has 2 rings (SSSR count). The molecule has 2 nitrogen and oxygen atoms in total. The second kappa shape index (κ2) is 4.40. The van der Waals surface area contributed by atoms with Gasteiger partial charge in [-0.1, -0.05) is 23.2 Å². The lowest BCUT2D eigenvalue weighted by molar-refractivity contribution is 0.940. The Morgan fingerprint density at radius 3 is 2.80 bits per heavy atom. The molecule has 1 heterocycles. The number of nitrogens with zero attached hydrogens (tertiary/aromatic N) is 1. The highest BCUT2D eigenvalue weighted by molar-refractivity contribution is 8.00. The van der Waals surface area contributed by atoms with Crippen molar-refractivity contribution < 1.29 is 0 Å². The van der Waals surface area contributed by atoms with Crippen molar-refractivity contribution in [3.05, 3.63) is 22.3 Å². The highest BCUT2D eigenvalue weighted by atomic mass is 35.5. The monoisotopic (exact) mass is 262 g/mol. The molecule has 1 saturated carbocycles. The zero-order valence-corrected chi connectivity index (χ0v) is 10.7. The lowest BCUT2D eigenvalue weighted by Crippen LogP contribution is -2.18.